The van der Waals surface area contributed by atoms with Crippen molar-refractivity contribution in [1.29, 1.82) is 0 Å². The molecule has 1 atom stereocenters. The molecule has 1 aromatic heterocycles. The van der Waals surface area contributed by atoms with E-state index in [1.54, 1.807) is 6.92 Å². The minimum Gasteiger partial charge on any atom is -0.491 e. The van der Waals surface area contributed by atoms with Gasteiger partial charge < -0.3 is 20.2 Å². The van der Waals surface area contributed by atoms with Gasteiger partial charge in [0.25, 0.3) is 5.91 Å². The minimum absolute atomic E-state index is 0. The number of benzene rings is 1. The van der Waals surface area contributed by atoms with Crippen molar-refractivity contribution >= 4 is 18.3 Å². The Morgan fingerprint density at radius 2 is 2.04 bits per heavy atom. The summed E-state index contributed by atoms with van der Waals surface area (Å²) in [5.74, 6) is -0.235. The fourth-order valence-corrected chi connectivity index (χ4v) is 2.00. The number of furan rings is 1. The molecule has 1 amide bonds. The highest BCUT2D eigenvalue weighted by atomic mass is 35.5. The molecule has 0 radical (unpaired) electrons. The Hall–Kier alpha value is -2.19. The highest BCUT2D eigenvalue weighted by Gasteiger charge is 2.34. The maximum Gasteiger partial charge on any atom is 0.419 e. The van der Waals surface area contributed by atoms with Gasteiger partial charge in [-0.3, -0.25) is 4.79 Å². The van der Waals surface area contributed by atoms with Gasteiger partial charge in [-0.1, -0.05) is 12.1 Å². The van der Waals surface area contributed by atoms with Gasteiger partial charge in [-0.25, -0.2) is 0 Å². The lowest BCUT2D eigenvalue weighted by Gasteiger charge is -2.17. The summed E-state index contributed by atoms with van der Waals surface area (Å²) >= 11 is 0. The zero-order chi connectivity index (χ0) is 17.7. The van der Waals surface area contributed by atoms with E-state index in [0.29, 0.717) is 5.76 Å². The first kappa shape index (κ1) is 20.9. The monoisotopic (exact) mass is 378 g/mol. The molecule has 1 aromatic carbocycles. The lowest BCUT2D eigenvalue weighted by molar-refractivity contribution is -0.139. The van der Waals surface area contributed by atoms with Gasteiger partial charge in [-0.05, 0) is 25.1 Å². The molecule has 5 nitrogen and oxygen atoms in total. The van der Waals surface area contributed by atoms with E-state index in [1.807, 2.05) is 0 Å². The molecule has 2 rings (SSSR count). The van der Waals surface area contributed by atoms with Crippen molar-refractivity contribution in [3.8, 4) is 5.75 Å². The second kappa shape index (κ2) is 8.77. The third-order valence-electron chi connectivity index (χ3n) is 3.18. The fraction of sp³-hybridized carbons (Fsp3) is 0.312. The van der Waals surface area contributed by atoms with E-state index in [-0.39, 0.29) is 36.9 Å². The molecule has 1 unspecified atom stereocenters. The van der Waals surface area contributed by atoms with Gasteiger partial charge >= 0.3 is 6.18 Å². The first-order valence-corrected chi connectivity index (χ1v) is 7.18. The third kappa shape index (κ3) is 5.68. The van der Waals surface area contributed by atoms with Crippen LogP contribution in [-0.4, -0.2) is 18.6 Å². The van der Waals surface area contributed by atoms with Gasteiger partial charge in [0.05, 0.1) is 23.7 Å². The Morgan fingerprint density at radius 1 is 1.36 bits per heavy atom. The topological polar surface area (TPSA) is 77.5 Å². The fourth-order valence-electron chi connectivity index (χ4n) is 2.00. The van der Waals surface area contributed by atoms with E-state index in [9.17, 15) is 18.0 Å². The number of nitrogens with one attached hydrogen (secondary N) is 1. The van der Waals surface area contributed by atoms with E-state index >= 15 is 0 Å². The molecule has 3 N–H and O–H groups in total. The lowest BCUT2D eigenvalue weighted by atomic mass is 10.2. The Morgan fingerprint density at radius 3 is 2.64 bits per heavy atom. The first-order chi connectivity index (χ1) is 11.3. The van der Waals surface area contributed by atoms with Crippen molar-refractivity contribution in [2.75, 3.05) is 6.61 Å². The highest BCUT2D eigenvalue weighted by molar-refractivity contribution is 5.94. The number of nitrogens with two attached hydrogens (primary N) is 1. The number of para-hydroxylation sites is 1. The molecular weight excluding hydrogens is 361 g/mol. The number of carbonyl (C=O) groups excluding carboxylic acids is 1. The molecule has 0 saturated carbocycles. The Kier molecular flexibility index (Phi) is 7.32. The summed E-state index contributed by atoms with van der Waals surface area (Å²) in [6.07, 6.45) is -3.23. The molecule has 0 aliphatic heterocycles. The van der Waals surface area contributed by atoms with Crippen LogP contribution in [0.15, 0.2) is 41.0 Å². The number of carbonyl (C=O) groups is 1. The van der Waals surface area contributed by atoms with Crippen molar-refractivity contribution in [1.82, 2.24) is 5.32 Å². The normalized spacial score (nSPS) is 12.2. The molecule has 2 aromatic rings. The van der Waals surface area contributed by atoms with Gasteiger partial charge in [0.2, 0.25) is 0 Å². The van der Waals surface area contributed by atoms with Gasteiger partial charge in [-0.2, -0.15) is 13.2 Å². The van der Waals surface area contributed by atoms with E-state index in [4.69, 9.17) is 14.9 Å². The number of alkyl halides is 3. The standard InChI is InChI=1S/C16H17F3N2O3.ClH/c1-10(21-15(22)11-6-12(7-20)23-9-11)8-24-14-5-3-2-4-13(14)16(17,18)19;/h2-6,9-10H,7-8,20H2,1H3,(H,21,22);1H. The van der Waals surface area contributed by atoms with Gasteiger partial charge in [-0.15, -0.1) is 12.4 Å². The Bertz CT molecular complexity index is 704. The predicted molar refractivity (Wildman–Crippen MR) is 87.7 cm³/mol. The zero-order valence-corrected chi connectivity index (χ0v) is 14.1. The summed E-state index contributed by atoms with van der Waals surface area (Å²) < 4.78 is 48.9. The summed E-state index contributed by atoms with van der Waals surface area (Å²) in [6, 6.07) is 5.92. The quantitative estimate of drug-likeness (QED) is 0.807. The molecule has 25 heavy (non-hydrogen) atoms. The van der Waals surface area contributed by atoms with Crippen LogP contribution >= 0.6 is 12.4 Å². The van der Waals surface area contributed by atoms with Gasteiger partial charge in [0, 0.05) is 0 Å². The maximum atomic E-state index is 12.9. The van der Waals surface area contributed by atoms with Crippen LogP contribution < -0.4 is 15.8 Å². The van der Waals surface area contributed by atoms with Crippen LogP contribution in [0.5, 0.6) is 5.75 Å². The summed E-state index contributed by atoms with van der Waals surface area (Å²) in [7, 11) is 0. The van der Waals surface area contributed by atoms with Crippen LogP contribution in [0.25, 0.3) is 0 Å². The van der Waals surface area contributed by atoms with Crippen LogP contribution in [0, 0.1) is 0 Å². The van der Waals surface area contributed by atoms with Crippen molar-refractivity contribution in [2.45, 2.75) is 25.7 Å². The van der Waals surface area contributed by atoms with Gasteiger partial charge in [0.1, 0.15) is 24.4 Å². The average Bonchev–Trinajstić information content (AvgIpc) is 3.01. The van der Waals surface area contributed by atoms with Crippen LogP contribution in [-0.2, 0) is 12.7 Å². The van der Waals surface area contributed by atoms with Crippen molar-refractivity contribution < 1.29 is 27.1 Å². The number of hydrogen-bond donors (Lipinski definition) is 2. The Balaban J connectivity index is 0.00000312. The second-order valence-corrected chi connectivity index (χ2v) is 5.19. The molecular formula is C16H18ClF3N2O3. The molecule has 0 aliphatic rings. The number of halogens is 4. The van der Waals surface area contributed by atoms with E-state index < -0.39 is 23.7 Å². The van der Waals surface area contributed by atoms with E-state index in [0.717, 1.165) is 6.07 Å². The molecule has 138 valence electrons. The summed E-state index contributed by atoms with van der Waals surface area (Å²) in [4.78, 5) is 12.0. The minimum atomic E-state index is -4.50. The Labute approximate surface area is 148 Å². The third-order valence-corrected chi connectivity index (χ3v) is 3.18. The average molecular weight is 379 g/mol. The van der Waals surface area contributed by atoms with Gasteiger partial charge in [0.15, 0.2) is 0 Å². The molecule has 0 fully saturated rings. The smallest absolute Gasteiger partial charge is 0.419 e. The van der Waals surface area contributed by atoms with Crippen LogP contribution in [0.2, 0.25) is 0 Å². The van der Waals surface area contributed by atoms with Crippen LogP contribution in [0.1, 0.15) is 28.6 Å². The maximum absolute atomic E-state index is 12.9. The van der Waals surface area contributed by atoms with Crippen molar-refractivity contribution in [3.05, 3.63) is 53.5 Å². The lowest BCUT2D eigenvalue weighted by Crippen LogP contribution is -2.36. The van der Waals surface area contributed by atoms with Crippen LogP contribution in [0.3, 0.4) is 0 Å². The van der Waals surface area contributed by atoms with E-state index in [1.165, 1.54) is 30.5 Å². The molecule has 0 spiro atoms. The van der Waals surface area contributed by atoms with Crippen LogP contribution in [0.4, 0.5) is 13.2 Å². The van der Waals surface area contributed by atoms with E-state index in [2.05, 4.69) is 5.32 Å². The summed E-state index contributed by atoms with van der Waals surface area (Å²) in [6.45, 7) is 1.68. The predicted octanol–water partition coefficient (Wildman–Crippen LogP) is 3.38. The zero-order valence-electron chi connectivity index (χ0n) is 13.3. The molecule has 9 heteroatoms. The number of rotatable bonds is 6. The summed E-state index contributed by atoms with van der Waals surface area (Å²) in [5, 5.41) is 2.62. The molecule has 0 bridgehead atoms. The number of hydrogen-bond acceptors (Lipinski definition) is 4. The first-order valence-electron chi connectivity index (χ1n) is 7.18. The number of ether oxygens (including phenoxy) is 1. The number of amides is 1. The largest absolute Gasteiger partial charge is 0.491 e. The molecule has 0 saturated heterocycles. The van der Waals surface area contributed by atoms with Crippen molar-refractivity contribution in [2.24, 2.45) is 5.73 Å². The SMILES string of the molecule is CC(COc1ccccc1C(F)(F)F)NC(=O)c1coc(CN)c1.Cl. The molecule has 0 aliphatic carbocycles. The molecule has 1 heterocycles. The second-order valence-electron chi connectivity index (χ2n) is 5.19. The van der Waals surface area contributed by atoms with Crippen molar-refractivity contribution in [3.63, 3.8) is 0 Å². The summed E-state index contributed by atoms with van der Waals surface area (Å²) in [5.41, 5.74) is 4.82. The highest BCUT2D eigenvalue weighted by Crippen LogP contribution is 2.35.